The normalized spacial score (nSPS) is 20.1. The molecule has 31 heavy (non-hydrogen) atoms. The number of rotatable bonds is 8. The minimum absolute atomic E-state index is 0.0108. The minimum atomic E-state index is -0.476. The molecule has 1 aromatic carbocycles. The van der Waals surface area contributed by atoms with Crippen LogP contribution in [-0.4, -0.2) is 89.8 Å². The minimum Gasteiger partial charge on any atom is -0.354 e. The van der Waals surface area contributed by atoms with Gasteiger partial charge in [-0.15, -0.1) is 0 Å². The van der Waals surface area contributed by atoms with Crippen LogP contribution in [0.15, 0.2) is 18.2 Å². The Labute approximate surface area is 183 Å². The molecule has 1 atom stereocenters. The summed E-state index contributed by atoms with van der Waals surface area (Å²) in [6.45, 7) is 11.3. The van der Waals surface area contributed by atoms with E-state index in [-0.39, 0.29) is 17.5 Å². The molecule has 2 heterocycles. The Morgan fingerprint density at radius 1 is 1.16 bits per heavy atom. The first-order valence-electron chi connectivity index (χ1n) is 11.2. The molecule has 170 valence electrons. The first-order chi connectivity index (χ1) is 14.9. The van der Waals surface area contributed by atoms with E-state index in [9.17, 15) is 19.7 Å². The highest BCUT2D eigenvalue weighted by Gasteiger charge is 2.34. The summed E-state index contributed by atoms with van der Waals surface area (Å²) in [7, 11) is 0. The molecule has 0 bridgehead atoms. The number of hydrogen-bond acceptors (Lipinski definition) is 6. The smallest absolute Gasteiger partial charge is 0.272 e. The number of hydrogen-bond donors (Lipinski definition) is 1. The lowest BCUT2D eigenvalue weighted by Gasteiger charge is -2.34. The molecule has 3 rings (SSSR count). The van der Waals surface area contributed by atoms with E-state index in [2.05, 4.69) is 22.0 Å². The Bertz CT molecular complexity index is 807. The molecule has 2 aliphatic rings. The molecule has 0 spiro atoms. The zero-order chi connectivity index (χ0) is 22.4. The summed E-state index contributed by atoms with van der Waals surface area (Å²) in [6.07, 6.45) is 2.31. The number of aryl methyl sites for hydroxylation is 1. The van der Waals surface area contributed by atoms with Gasteiger partial charge in [-0.2, -0.15) is 0 Å². The fourth-order valence-corrected chi connectivity index (χ4v) is 4.40. The van der Waals surface area contributed by atoms with E-state index in [0.29, 0.717) is 30.6 Å². The van der Waals surface area contributed by atoms with Crippen molar-refractivity contribution in [3.63, 3.8) is 0 Å². The molecule has 1 N–H and O–H groups in total. The summed E-state index contributed by atoms with van der Waals surface area (Å²) in [5, 5.41) is 14.0. The molecule has 0 saturated carbocycles. The van der Waals surface area contributed by atoms with Crippen LogP contribution >= 0.6 is 0 Å². The lowest BCUT2D eigenvalue weighted by Crippen LogP contribution is -2.48. The summed E-state index contributed by atoms with van der Waals surface area (Å²) in [5.74, 6) is -0.357. The van der Waals surface area contributed by atoms with Crippen LogP contribution in [0.2, 0.25) is 0 Å². The Balaban J connectivity index is 1.48. The summed E-state index contributed by atoms with van der Waals surface area (Å²) in [6, 6.07) is 3.88. The third kappa shape index (κ3) is 5.80. The van der Waals surface area contributed by atoms with Gasteiger partial charge in [-0.3, -0.25) is 19.7 Å². The SMILES string of the molecule is CCN1CCN(CCCNC(=O)C2CCCN2C(=O)c2ccc([N+](=O)[O-])c(C)c2)CC1. The van der Waals surface area contributed by atoms with Gasteiger partial charge in [0, 0.05) is 56.5 Å². The predicted molar refractivity (Wildman–Crippen MR) is 118 cm³/mol. The van der Waals surface area contributed by atoms with Crippen molar-refractivity contribution >= 4 is 17.5 Å². The monoisotopic (exact) mass is 431 g/mol. The number of nitrogens with one attached hydrogen (secondary N) is 1. The molecule has 2 fully saturated rings. The highest BCUT2D eigenvalue weighted by atomic mass is 16.6. The third-order valence-electron chi connectivity index (χ3n) is 6.32. The molecule has 9 heteroatoms. The average Bonchev–Trinajstić information content (AvgIpc) is 3.26. The molecule has 0 radical (unpaired) electrons. The van der Waals surface area contributed by atoms with Crippen LogP contribution in [0.25, 0.3) is 0 Å². The van der Waals surface area contributed by atoms with Crippen LogP contribution in [-0.2, 0) is 4.79 Å². The number of likely N-dealkylation sites (N-methyl/N-ethyl adjacent to an activating group) is 1. The second-order valence-electron chi connectivity index (χ2n) is 8.34. The van der Waals surface area contributed by atoms with E-state index in [4.69, 9.17) is 0 Å². The third-order valence-corrected chi connectivity index (χ3v) is 6.32. The number of amides is 2. The maximum Gasteiger partial charge on any atom is 0.272 e. The molecule has 2 saturated heterocycles. The van der Waals surface area contributed by atoms with E-state index in [0.717, 1.165) is 52.1 Å². The first kappa shape index (κ1) is 23.1. The highest BCUT2D eigenvalue weighted by molar-refractivity contribution is 5.98. The lowest BCUT2D eigenvalue weighted by molar-refractivity contribution is -0.385. The van der Waals surface area contributed by atoms with Gasteiger partial charge in [-0.05, 0) is 51.4 Å². The van der Waals surface area contributed by atoms with Crippen molar-refractivity contribution in [3.05, 3.63) is 39.4 Å². The van der Waals surface area contributed by atoms with E-state index in [1.165, 1.54) is 18.2 Å². The number of benzene rings is 1. The maximum absolute atomic E-state index is 12.9. The molecule has 0 aliphatic carbocycles. The molecule has 1 unspecified atom stereocenters. The number of nitro benzene ring substituents is 1. The second-order valence-corrected chi connectivity index (χ2v) is 8.34. The predicted octanol–water partition coefficient (Wildman–Crippen LogP) is 1.65. The van der Waals surface area contributed by atoms with E-state index >= 15 is 0 Å². The Morgan fingerprint density at radius 2 is 1.87 bits per heavy atom. The Kier molecular flexibility index (Phi) is 7.97. The zero-order valence-corrected chi connectivity index (χ0v) is 18.5. The van der Waals surface area contributed by atoms with Crippen LogP contribution in [0.5, 0.6) is 0 Å². The van der Waals surface area contributed by atoms with Gasteiger partial charge in [-0.25, -0.2) is 0 Å². The average molecular weight is 432 g/mol. The van der Waals surface area contributed by atoms with Gasteiger partial charge in [0.25, 0.3) is 11.6 Å². The van der Waals surface area contributed by atoms with Crippen molar-refractivity contribution in [1.82, 2.24) is 20.0 Å². The topological polar surface area (TPSA) is 99.0 Å². The summed E-state index contributed by atoms with van der Waals surface area (Å²) < 4.78 is 0. The van der Waals surface area contributed by atoms with E-state index in [1.807, 2.05) is 0 Å². The quantitative estimate of drug-likeness (QED) is 0.382. The lowest BCUT2D eigenvalue weighted by atomic mass is 10.1. The standard InChI is InChI=1S/C22H33N5O4/c1-3-24-12-14-25(15-13-24)10-5-9-23-21(28)20-6-4-11-26(20)22(29)18-7-8-19(27(30)31)17(2)16-18/h7-8,16,20H,3-6,9-15H2,1-2H3,(H,23,28). The van der Waals surface area contributed by atoms with Gasteiger partial charge in [0.05, 0.1) is 4.92 Å². The Morgan fingerprint density at radius 3 is 2.52 bits per heavy atom. The van der Waals surface area contributed by atoms with E-state index in [1.54, 1.807) is 11.8 Å². The van der Waals surface area contributed by atoms with Crippen molar-refractivity contribution in [2.24, 2.45) is 0 Å². The molecule has 2 aliphatic heterocycles. The molecular formula is C22H33N5O4. The van der Waals surface area contributed by atoms with Crippen molar-refractivity contribution in [1.29, 1.82) is 0 Å². The molecular weight excluding hydrogens is 398 g/mol. The fraction of sp³-hybridized carbons (Fsp3) is 0.636. The zero-order valence-electron chi connectivity index (χ0n) is 18.5. The van der Waals surface area contributed by atoms with Crippen molar-refractivity contribution in [2.75, 3.05) is 52.4 Å². The van der Waals surface area contributed by atoms with Crippen molar-refractivity contribution in [2.45, 2.75) is 39.2 Å². The van der Waals surface area contributed by atoms with Crippen LogP contribution in [0, 0.1) is 17.0 Å². The van der Waals surface area contributed by atoms with E-state index < -0.39 is 11.0 Å². The first-order valence-corrected chi connectivity index (χ1v) is 11.2. The highest BCUT2D eigenvalue weighted by Crippen LogP contribution is 2.24. The largest absolute Gasteiger partial charge is 0.354 e. The van der Waals surface area contributed by atoms with Gasteiger partial charge < -0.3 is 20.0 Å². The Hall–Kier alpha value is -2.52. The van der Waals surface area contributed by atoms with Gasteiger partial charge in [0.1, 0.15) is 6.04 Å². The second kappa shape index (κ2) is 10.7. The summed E-state index contributed by atoms with van der Waals surface area (Å²) >= 11 is 0. The number of likely N-dealkylation sites (tertiary alicyclic amines) is 1. The van der Waals surface area contributed by atoms with Crippen LogP contribution < -0.4 is 5.32 Å². The van der Waals surface area contributed by atoms with Gasteiger partial charge in [-0.1, -0.05) is 6.92 Å². The van der Waals surface area contributed by atoms with Gasteiger partial charge in [0.2, 0.25) is 5.91 Å². The summed E-state index contributed by atoms with van der Waals surface area (Å²) in [4.78, 5) is 42.7. The number of carbonyl (C=O) groups excluding carboxylic acids is 2. The molecule has 2 amide bonds. The van der Waals surface area contributed by atoms with Gasteiger partial charge in [0.15, 0.2) is 0 Å². The number of piperazine rings is 1. The number of nitrogens with zero attached hydrogens (tertiary/aromatic N) is 4. The molecule has 9 nitrogen and oxygen atoms in total. The van der Waals surface area contributed by atoms with Crippen LogP contribution in [0.1, 0.15) is 42.1 Å². The van der Waals surface area contributed by atoms with Crippen LogP contribution in [0.3, 0.4) is 0 Å². The van der Waals surface area contributed by atoms with Crippen LogP contribution in [0.4, 0.5) is 5.69 Å². The molecule has 1 aromatic rings. The molecule has 0 aromatic heterocycles. The number of nitro groups is 1. The van der Waals surface area contributed by atoms with Gasteiger partial charge >= 0.3 is 0 Å². The maximum atomic E-state index is 12.9. The fourth-order valence-electron chi connectivity index (χ4n) is 4.40. The number of carbonyl (C=O) groups is 2. The summed E-state index contributed by atoms with van der Waals surface area (Å²) in [5.41, 5.74) is 0.813. The van der Waals surface area contributed by atoms with Crippen molar-refractivity contribution in [3.8, 4) is 0 Å². The van der Waals surface area contributed by atoms with Crippen molar-refractivity contribution < 1.29 is 14.5 Å².